The number of nitrogens with zero attached hydrogens (tertiary/aromatic N) is 2. The fourth-order valence-corrected chi connectivity index (χ4v) is 1.30. The maximum absolute atomic E-state index is 5.79. The largest absolute Gasteiger partial charge is 0.382 e. The van der Waals surface area contributed by atoms with Gasteiger partial charge in [-0.1, -0.05) is 6.92 Å². The van der Waals surface area contributed by atoms with Crippen molar-refractivity contribution in [2.75, 3.05) is 11.9 Å². The van der Waals surface area contributed by atoms with Crippen LogP contribution in [0.1, 0.15) is 18.4 Å². The van der Waals surface area contributed by atoms with Gasteiger partial charge in [0.05, 0.1) is 6.54 Å². The molecule has 5 heteroatoms. The number of amidine groups is 1. The molecule has 0 radical (unpaired) electrons. The molecule has 0 bridgehead atoms. The van der Waals surface area contributed by atoms with Crippen molar-refractivity contribution >= 4 is 11.7 Å². The zero-order chi connectivity index (χ0) is 9.97. The molecular weight excluding hydrogens is 178 g/mol. The van der Waals surface area contributed by atoms with Crippen LogP contribution in [0.5, 0.6) is 0 Å². The van der Waals surface area contributed by atoms with Crippen LogP contribution in [0.25, 0.3) is 0 Å². The number of nitrogens with two attached hydrogens (primary N) is 1. The van der Waals surface area contributed by atoms with Crippen molar-refractivity contribution in [3.8, 4) is 0 Å². The van der Waals surface area contributed by atoms with Crippen LogP contribution >= 0.6 is 0 Å². The number of aliphatic imine (C=N–C) groups is 1. The molecule has 0 fully saturated rings. The number of aromatic amines is 1. The number of hydrogen-bond donors (Lipinski definition) is 3. The standard InChI is InChI=1S/C9H13N5/c1-2-6-13-7-8(10)11-4-3-5-12-9(7)14-6/h3,5,12H,2,4H2,1H3,(H2,10,11)(H,13,14)/b5-3-. The summed E-state index contributed by atoms with van der Waals surface area (Å²) in [6.07, 6.45) is 4.58. The Kier molecular flexibility index (Phi) is 2.22. The topological polar surface area (TPSA) is 79.1 Å². The molecule has 2 heterocycles. The van der Waals surface area contributed by atoms with Crippen LogP contribution in [0.4, 0.5) is 5.82 Å². The highest BCUT2D eigenvalue weighted by atomic mass is 15.1. The van der Waals surface area contributed by atoms with Gasteiger partial charge in [0.1, 0.15) is 17.4 Å². The van der Waals surface area contributed by atoms with Gasteiger partial charge in [-0.25, -0.2) is 4.98 Å². The maximum Gasteiger partial charge on any atom is 0.159 e. The summed E-state index contributed by atoms with van der Waals surface area (Å²) in [6, 6.07) is 0. The summed E-state index contributed by atoms with van der Waals surface area (Å²) < 4.78 is 0. The lowest BCUT2D eigenvalue weighted by atomic mass is 10.3. The van der Waals surface area contributed by atoms with E-state index >= 15 is 0 Å². The van der Waals surface area contributed by atoms with Gasteiger partial charge in [-0.2, -0.15) is 0 Å². The SMILES string of the molecule is CCc1nc2c([nH]1)C(N)=NC/C=C\N2. The van der Waals surface area contributed by atoms with Crippen molar-refractivity contribution in [2.45, 2.75) is 13.3 Å². The molecular formula is C9H13N5. The number of fused-ring (bicyclic) bond motifs is 1. The Labute approximate surface area is 82.1 Å². The third-order valence-corrected chi connectivity index (χ3v) is 2.05. The van der Waals surface area contributed by atoms with Gasteiger partial charge in [0.15, 0.2) is 5.82 Å². The number of nitrogens with one attached hydrogen (secondary N) is 2. The Bertz CT molecular complexity index is 388. The summed E-state index contributed by atoms with van der Waals surface area (Å²) in [5.41, 5.74) is 6.57. The van der Waals surface area contributed by atoms with E-state index in [1.54, 1.807) is 0 Å². The van der Waals surface area contributed by atoms with Crippen molar-refractivity contribution in [1.29, 1.82) is 0 Å². The Morgan fingerprint density at radius 2 is 2.43 bits per heavy atom. The van der Waals surface area contributed by atoms with Gasteiger partial charge in [0.25, 0.3) is 0 Å². The van der Waals surface area contributed by atoms with E-state index in [2.05, 4.69) is 20.3 Å². The van der Waals surface area contributed by atoms with Crippen molar-refractivity contribution < 1.29 is 0 Å². The minimum atomic E-state index is 0.504. The normalized spacial score (nSPS) is 17.4. The van der Waals surface area contributed by atoms with Gasteiger partial charge in [-0.3, -0.25) is 4.99 Å². The summed E-state index contributed by atoms with van der Waals surface area (Å²) in [6.45, 7) is 2.63. The number of imidazole rings is 1. The second-order valence-electron chi connectivity index (χ2n) is 3.03. The van der Waals surface area contributed by atoms with Crippen molar-refractivity contribution in [1.82, 2.24) is 9.97 Å². The summed E-state index contributed by atoms with van der Waals surface area (Å²) in [5, 5.41) is 3.07. The second-order valence-corrected chi connectivity index (χ2v) is 3.03. The third kappa shape index (κ3) is 1.48. The fraction of sp³-hybridized carbons (Fsp3) is 0.333. The van der Waals surface area contributed by atoms with Gasteiger partial charge < -0.3 is 16.0 Å². The minimum absolute atomic E-state index is 0.504. The summed E-state index contributed by atoms with van der Waals surface area (Å²) in [4.78, 5) is 11.6. The van der Waals surface area contributed by atoms with E-state index in [9.17, 15) is 0 Å². The third-order valence-electron chi connectivity index (χ3n) is 2.05. The Balaban J connectivity index is 2.46. The smallest absolute Gasteiger partial charge is 0.159 e. The first-order valence-electron chi connectivity index (χ1n) is 4.62. The summed E-state index contributed by atoms with van der Waals surface area (Å²) >= 11 is 0. The first-order chi connectivity index (χ1) is 6.81. The zero-order valence-electron chi connectivity index (χ0n) is 8.04. The molecule has 0 saturated carbocycles. The van der Waals surface area contributed by atoms with E-state index in [-0.39, 0.29) is 0 Å². The van der Waals surface area contributed by atoms with Crippen LogP contribution in [0.15, 0.2) is 17.3 Å². The lowest BCUT2D eigenvalue weighted by Gasteiger charge is -2.03. The molecule has 14 heavy (non-hydrogen) atoms. The van der Waals surface area contributed by atoms with Gasteiger partial charge in [0, 0.05) is 12.6 Å². The highest BCUT2D eigenvalue weighted by molar-refractivity contribution is 6.00. The molecule has 0 spiro atoms. The monoisotopic (exact) mass is 191 g/mol. The molecule has 0 aromatic carbocycles. The fourth-order valence-electron chi connectivity index (χ4n) is 1.30. The number of aryl methyl sites for hydroxylation is 1. The number of hydrogen-bond acceptors (Lipinski definition) is 4. The molecule has 0 amide bonds. The van der Waals surface area contributed by atoms with Gasteiger partial charge in [-0.05, 0) is 6.08 Å². The Morgan fingerprint density at radius 3 is 3.21 bits per heavy atom. The predicted molar refractivity (Wildman–Crippen MR) is 56.3 cm³/mol. The molecule has 0 unspecified atom stereocenters. The lowest BCUT2D eigenvalue weighted by Crippen LogP contribution is -2.17. The van der Waals surface area contributed by atoms with E-state index in [0.29, 0.717) is 12.4 Å². The molecule has 2 rings (SSSR count). The molecule has 1 aliphatic rings. The molecule has 1 aromatic heterocycles. The van der Waals surface area contributed by atoms with Gasteiger partial charge >= 0.3 is 0 Å². The van der Waals surface area contributed by atoms with Crippen LogP contribution in [0.2, 0.25) is 0 Å². The van der Waals surface area contributed by atoms with E-state index in [1.165, 1.54) is 0 Å². The minimum Gasteiger partial charge on any atom is -0.382 e. The first-order valence-corrected chi connectivity index (χ1v) is 4.62. The van der Waals surface area contributed by atoms with Gasteiger partial charge in [-0.15, -0.1) is 0 Å². The first kappa shape index (κ1) is 8.80. The van der Waals surface area contributed by atoms with Crippen LogP contribution in [-0.4, -0.2) is 22.3 Å². The molecule has 0 aliphatic carbocycles. The number of H-pyrrole nitrogens is 1. The van der Waals surface area contributed by atoms with Crippen LogP contribution in [-0.2, 0) is 6.42 Å². The van der Waals surface area contributed by atoms with Crippen molar-refractivity contribution in [3.05, 3.63) is 23.8 Å². The quantitative estimate of drug-likeness (QED) is 0.608. The molecule has 1 aliphatic heterocycles. The average molecular weight is 191 g/mol. The maximum atomic E-state index is 5.79. The van der Waals surface area contributed by atoms with Gasteiger partial charge in [0.2, 0.25) is 0 Å². The molecule has 0 atom stereocenters. The van der Waals surface area contributed by atoms with Crippen LogP contribution in [0.3, 0.4) is 0 Å². The van der Waals surface area contributed by atoms with Crippen LogP contribution < -0.4 is 11.1 Å². The Morgan fingerprint density at radius 1 is 1.57 bits per heavy atom. The van der Waals surface area contributed by atoms with Crippen molar-refractivity contribution in [3.63, 3.8) is 0 Å². The highest BCUT2D eigenvalue weighted by Crippen LogP contribution is 2.13. The molecule has 4 N–H and O–H groups in total. The molecule has 74 valence electrons. The predicted octanol–water partition coefficient (Wildman–Crippen LogP) is 0.617. The molecule has 0 saturated heterocycles. The number of anilines is 1. The number of aromatic nitrogens is 2. The highest BCUT2D eigenvalue weighted by Gasteiger charge is 2.12. The van der Waals surface area contributed by atoms with E-state index in [1.807, 2.05) is 19.2 Å². The molecule has 5 nitrogen and oxygen atoms in total. The van der Waals surface area contributed by atoms with Crippen LogP contribution in [0, 0.1) is 0 Å². The molecule has 1 aromatic rings. The zero-order valence-corrected chi connectivity index (χ0v) is 8.04. The average Bonchev–Trinajstić information content (AvgIpc) is 2.57. The number of rotatable bonds is 1. The van der Waals surface area contributed by atoms with E-state index < -0.39 is 0 Å². The van der Waals surface area contributed by atoms with E-state index in [4.69, 9.17) is 5.73 Å². The van der Waals surface area contributed by atoms with Crippen molar-refractivity contribution in [2.24, 2.45) is 10.7 Å². The lowest BCUT2D eigenvalue weighted by molar-refractivity contribution is 0.988. The Hall–Kier alpha value is -1.78. The van der Waals surface area contributed by atoms with E-state index in [0.717, 1.165) is 23.8 Å². The summed E-state index contributed by atoms with van der Waals surface area (Å²) in [7, 11) is 0. The summed E-state index contributed by atoms with van der Waals surface area (Å²) in [5.74, 6) is 2.17. The second kappa shape index (κ2) is 3.53.